The summed E-state index contributed by atoms with van der Waals surface area (Å²) in [6, 6.07) is 4.46. The smallest absolute Gasteiger partial charge is 0.326 e. The van der Waals surface area contributed by atoms with E-state index in [1.165, 1.54) is 7.11 Å². The monoisotopic (exact) mass is 295 g/mol. The lowest BCUT2D eigenvalue weighted by Gasteiger charge is -2.15. The van der Waals surface area contributed by atoms with Crippen LogP contribution in [-0.4, -0.2) is 36.7 Å². The lowest BCUT2D eigenvalue weighted by molar-refractivity contribution is -0.142. The summed E-state index contributed by atoms with van der Waals surface area (Å²) in [5.41, 5.74) is 1.01. The Morgan fingerprint density at radius 1 is 1.33 bits per heavy atom. The number of amides is 1. The molecule has 0 radical (unpaired) electrons. The first-order valence-electron chi connectivity index (χ1n) is 6.77. The first kappa shape index (κ1) is 16.8. The van der Waals surface area contributed by atoms with Crippen LogP contribution in [0.3, 0.4) is 0 Å². The van der Waals surface area contributed by atoms with Gasteiger partial charge in [0.15, 0.2) is 18.1 Å². The van der Waals surface area contributed by atoms with Gasteiger partial charge >= 0.3 is 5.97 Å². The van der Waals surface area contributed by atoms with Crippen molar-refractivity contribution in [1.82, 2.24) is 5.32 Å². The van der Waals surface area contributed by atoms with Crippen molar-refractivity contribution in [3.05, 3.63) is 23.8 Å². The molecule has 1 aromatic carbocycles. The van der Waals surface area contributed by atoms with Gasteiger partial charge in [-0.1, -0.05) is 19.4 Å². The van der Waals surface area contributed by atoms with Gasteiger partial charge in [-0.05, 0) is 31.0 Å². The Bertz CT molecular complexity index is 501. The Morgan fingerprint density at radius 3 is 2.62 bits per heavy atom. The molecule has 0 aromatic heterocycles. The van der Waals surface area contributed by atoms with Crippen LogP contribution in [0.4, 0.5) is 0 Å². The summed E-state index contributed by atoms with van der Waals surface area (Å²) < 4.78 is 10.5. The number of rotatable bonds is 8. The summed E-state index contributed by atoms with van der Waals surface area (Å²) in [6.07, 6.45) is 1.05. The lowest BCUT2D eigenvalue weighted by Crippen LogP contribution is -2.42. The molecule has 0 bridgehead atoms. The van der Waals surface area contributed by atoms with Crippen molar-refractivity contribution in [2.24, 2.45) is 0 Å². The van der Waals surface area contributed by atoms with Crippen molar-refractivity contribution < 1.29 is 24.2 Å². The summed E-state index contributed by atoms with van der Waals surface area (Å²) in [4.78, 5) is 22.7. The third-order valence-corrected chi connectivity index (χ3v) is 2.89. The maximum Gasteiger partial charge on any atom is 0.326 e. The second-order valence-electron chi connectivity index (χ2n) is 4.69. The van der Waals surface area contributed by atoms with Gasteiger partial charge in [-0.2, -0.15) is 0 Å². The van der Waals surface area contributed by atoms with Gasteiger partial charge in [-0.3, -0.25) is 4.79 Å². The normalized spacial score (nSPS) is 11.6. The average molecular weight is 295 g/mol. The Morgan fingerprint density at radius 2 is 2.05 bits per heavy atom. The van der Waals surface area contributed by atoms with Crippen LogP contribution in [-0.2, 0) is 9.59 Å². The second-order valence-corrected chi connectivity index (χ2v) is 4.69. The molecule has 0 saturated carbocycles. The van der Waals surface area contributed by atoms with Crippen molar-refractivity contribution in [3.8, 4) is 11.5 Å². The highest BCUT2D eigenvalue weighted by Gasteiger charge is 2.19. The maximum absolute atomic E-state index is 11.7. The van der Waals surface area contributed by atoms with Gasteiger partial charge in [0.05, 0.1) is 7.11 Å². The van der Waals surface area contributed by atoms with E-state index < -0.39 is 17.9 Å². The highest BCUT2D eigenvalue weighted by molar-refractivity contribution is 5.84. The summed E-state index contributed by atoms with van der Waals surface area (Å²) in [5, 5.41) is 11.4. The number of hydrogen-bond acceptors (Lipinski definition) is 4. The molecule has 0 aliphatic carbocycles. The minimum atomic E-state index is -1.04. The van der Waals surface area contributed by atoms with Gasteiger partial charge < -0.3 is 19.9 Å². The first-order valence-corrected chi connectivity index (χ1v) is 6.77. The van der Waals surface area contributed by atoms with Crippen LogP contribution < -0.4 is 14.8 Å². The molecule has 2 N–H and O–H groups in total. The highest BCUT2D eigenvalue weighted by atomic mass is 16.5. The van der Waals surface area contributed by atoms with E-state index in [2.05, 4.69) is 5.32 Å². The molecular weight excluding hydrogens is 274 g/mol. The summed E-state index contributed by atoms with van der Waals surface area (Å²) in [7, 11) is 1.52. The van der Waals surface area contributed by atoms with Gasteiger partial charge in [-0.25, -0.2) is 4.79 Å². The van der Waals surface area contributed by atoms with E-state index in [0.29, 0.717) is 24.3 Å². The number of carbonyl (C=O) groups is 2. The van der Waals surface area contributed by atoms with Gasteiger partial charge in [0.25, 0.3) is 5.91 Å². The molecule has 0 heterocycles. The van der Waals surface area contributed by atoms with Gasteiger partial charge in [-0.15, -0.1) is 0 Å². The Labute approximate surface area is 124 Å². The fraction of sp³-hybridized carbons (Fsp3) is 0.467. The first-order chi connectivity index (χ1) is 9.97. The quantitative estimate of drug-likeness (QED) is 0.763. The molecule has 1 aromatic rings. The Kier molecular flexibility index (Phi) is 6.52. The minimum absolute atomic E-state index is 0.257. The molecule has 6 heteroatoms. The zero-order chi connectivity index (χ0) is 15.8. The molecule has 1 atom stereocenters. The van der Waals surface area contributed by atoms with E-state index in [9.17, 15) is 9.59 Å². The fourth-order valence-corrected chi connectivity index (χ4v) is 1.82. The van der Waals surface area contributed by atoms with Gasteiger partial charge in [0, 0.05) is 0 Å². The van der Waals surface area contributed by atoms with Crippen LogP contribution in [0.1, 0.15) is 25.3 Å². The number of aryl methyl sites for hydroxylation is 1. The van der Waals surface area contributed by atoms with Crippen LogP contribution in [0.5, 0.6) is 11.5 Å². The largest absolute Gasteiger partial charge is 0.493 e. The molecule has 1 amide bonds. The van der Waals surface area contributed by atoms with Crippen LogP contribution >= 0.6 is 0 Å². The number of carboxylic acid groups (broad SMARTS) is 1. The summed E-state index contributed by atoms with van der Waals surface area (Å²) in [6.45, 7) is 3.52. The van der Waals surface area contributed by atoms with Gasteiger partial charge in [0.2, 0.25) is 0 Å². The van der Waals surface area contributed by atoms with E-state index in [1.807, 2.05) is 19.9 Å². The van der Waals surface area contributed by atoms with E-state index in [4.69, 9.17) is 14.6 Å². The topological polar surface area (TPSA) is 84.9 Å². The number of carboxylic acids is 1. The van der Waals surface area contributed by atoms with Gasteiger partial charge in [0.1, 0.15) is 6.04 Å². The van der Waals surface area contributed by atoms with Crippen molar-refractivity contribution in [3.63, 3.8) is 0 Å². The molecule has 0 fully saturated rings. The average Bonchev–Trinajstić information content (AvgIpc) is 2.45. The molecule has 0 aliphatic heterocycles. The number of carbonyl (C=O) groups excluding carboxylic acids is 1. The van der Waals surface area contributed by atoms with Crippen LogP contribution in [0.25, 0.3) is 0 Å². The van der Waals surface area contributed by atoms with E-state index in [0.717, 1.165) is 5.56 Å². The maximum atomic E-state index is 11.7. The summed E-state index contributed by atoms with van der Waals surface area (Å²) in [5.74, 6) is -0.539. The van der Waals surface area contributed by atoms with Crippen molar-refractivity contribution in [2.45, 2.75) is 32.7 Å². The molecule has 0 spiro atoms. The van der Waals surface area contributed by atoms with Crippen molar-refractivity contribution >= 4 is 11.9 Å². The second kappa shape index (κ2) is 8.14. The molecule has 0 saturated heterocycles. The molecule has 0 aliphatic rings. The molecule has 1 unspecified atom stereocenters. The lowest BCUT2D eigenvalue weighted by atomic mass is 10.2. The number of benzene rings is 1. The number of methoxy groups -OCH3 is 1. The molecular formula is C15H21NO5. The molecule has 116 valence electrons. The number of aliphatic carboxylic acids is 1. The molecule has 6 nitrogen and oxygen atoms in total. The van der Waals surface area contributed by atoms with Crippen LogP contribution in [0.15, 0.2) is 18.2 Å². The third kappa shape index (κ3) is 5.33. The molecule has 21 heavy (non-hydrogen) atoms. The Hall–Kier alpha value is -2.24. The standard InChI is InChI=1S/C15H21NO5/c1-4-5-11(15(18)19)16-14(17)9-21-12-7-6-10(2)8-13(12)20-3/h6-8,11H,4-5,9H2,1-3H3,(H,16,17)(H,18,19). The third-order valence-electron chi connectivity index (χ3n) is 2.89. The highest BCUT2D eigenvalue weighted by Crippen LogP contribution is 2.27. The van der Waals surface area contributed by atoms with Crippen molar-refractivity contribution in [1.29, 1.82) is 0 Å². The van der Waals surface area contributed by atoms with Crippen LogP contribution in [0.2, 0.25) is 0 Å². The SMILES string of the molecule is CCCC(NC(=O)COc1ccc(C)cc1OC)C(=O)O. The number of nitrogens with one attached hydrogen (secondary N) is 1. The predicted octanol–water partition coefficient (Wildman–Crippen LogP) is 1.75. The predicted molar refractivity (Wildman–Crippen MR) is 77.7 cm³/mol. The number of hydrogen-bond donors (Lipinski definition) is 2. The van der Waals surface area contributed by atoms with E-state index in [-0.39, 0.29) is 6.61 Å². The van der Waals surface area contributed by atoms with Crippen molar-refractivity contribution in [2.75, 3.05) is 13.7 Å². The molecule has 1 rings (SSSR count). The zero-order valence-electron chi connectivity index (χ0n) is 12.5. The number of ether oxygens (including phenoxy) is 2. The van der Waals surface area contributed by atoms with E-state index >= 15 is 0 Å². The minimum Gasteiger partial charge on any atom is -0.493 e. The zero-order valence-corrected chi connectivity index (χ0v) is 12.5. The Balaban J connectivity index is 2.58. The van der Waals surface area contributed by atoms with E-state index in [1.54, 1.807) is 12.1 Å². The van der Waals surface area contributed by atoms with Crippen LogP contribution in [0, 0.1) is 6.92 Å². The summed E-state index contributed by atoms with van der Waals surface area (Å²) >= 11 is 0. The fourth-order valence-electron chi connectivity index (χ4n) is 1.82.